The van der Waals surface area contributed by atoms with Crippen LogP contribution in [0.3, 0.4) is 0 Å². The van der Waals surface area contributed by atoms with Gasteiger partial charge in [0.15, 0.2) is 0 Å². The Morgan fingerprint density at radius 1 is 1.12 bits per heavy atom. The third-order valence-corrected chi connectivity index (χ3v) is 5.74. The highest BCUT2D eigenvalue weighted by Crippen LogP contribution is 2.34. The summed E-state index contributed by atoms with van der Waals surface area (Å²) in [5.41, 5.74) is 1.73. The Labute approximate surface area is 172 Å². The average molecular weight is 497 g/mol. The number of hydrogen-bond donors (Lipinski definition) is 0. The fourth-order valence-corrected chi connectivity index (χ4v) is 4.05. The minimum atomic E-state index is -0.270. The third-order valence-electron chi connectivity index (χ3n) is 3.68. The van der Waals surface area contributed by atoms with E-state index in [-0.39, 0.29) is 17.7 Å². The summed E-state index contributed by atoms with van der Waals surface area (Å²) in [6, 6.07) is 13.1. The van der Waals surface area contributed by atoms with Crippen LogP contribution in [0, 0.1) is 0 Å². The molecule has 0 aliphatic carbocycles. The number of carbonyl (C=O) groups excluding carboxylic acids is 2. The van der Waals surface area contributed by atoms with Crippen molar-refractivity contribution in [2.24, 2.45) is 0 Å². The van der Waals surface area contributed by atoms with Crippen molar-refractivity contribution in [3.05, 3.63) is 67.4 Å². The first kappa shape index (κ1) is 19.2. The van der Waals surface area contributed by atoms with Crippen LogP contribution in [-0.4, -0.2) is 22.7 Å². The SMILES string of the molecule is CCOc1ccc(/C=C2\SC(=O)N(Cc3ccc(Br)cc3)C2=O)cc1Br. The van der Waals surface area contributed by atoms with Gasteiger partial charge in [0.2, 0.25) is 0 Å². The number of carbonyl (C=O) groups is 2. The summed E-state index contributed by atoms with van der Waals surface area (Å²) in [5, 5.41) is -0.255. The number of hydrogen-bond acceptors (Lipinski definition) is 4. The molecule has 0 atom stereocenters. The van der Waals surface area contributed by atoms with Crippen molar-refractivity contribution in [1.82, 2.24) is 4.90 Å². The fraction of sp³-hybridized carbons (Fsp3) is 0.158. The van der Waals surface area contributed by atoms with Crippen LogP contribution in [0.15, 0.2) is 56.3 Å². The van der Waals surface area contributed by atoms with Gasteiger partial charge in [0.05, 0.1) is 22.5 Å². The molecule has 1 saturated heterocycles. The molecule has 7 heteroatoms. The van der Waals surface area contributed by atoms with E-state index in [2.05, 4.69) is 31.9 Å². The van der Waals surface area contributed by atoms with Gasteiger partial charge in [0.25, 0.3) is 11.1 Å². The van der Waals surface area contributed by atoms with Crippen molar-refractivity contribution < 1.29 is 14.3 Å². The predicted molar refractivity (Wildman–Crippen MR) is 111 cm³/mol. The van der Waals surface area contributed by atoms with E-state index in [1.165, 1.54) is 4.90 Å². The molecular formula is C19H15Br2NO3S. The zero-order valence-electron chi connectivity index (χ0n) is 13.9. The Bertz CT molecular complexity index is 881. The van der Waals surface area contributed by atoms with E-state index in [4.69, 9.17) is 4.74 Å². The molecule has 0 N–H and O–H groups in total. The van der Waals surface area contributed by atoms with Crippen molar-refractivity contribution in [3.63, 3.8) is 0 Å². The summed E-state index contributed by atoms with van der Waals surface area (Å²) < 4.78 is 7.25. The topological polar surface area (TPSA) is 46.6 Å². The molecule has 0 saturated carbocycles. The number of halogens is 2. The minimum absolute atomic E-state index is 0.255. The predicted octanol–water partition coefficient (Wildman–Crippen LogP) is 5.85. The Balaban J connectivity index is 1.78. The number of imide groups is 1. The molecule has 2 amide bonds. The summed E-state index contributed by atoms with van der Waals surface area (Å²) >= 11 is 7.80. The van der Waals surface area contributed by atoms with Crippen molar-refractivity contribution >= 4 is 60.8 Å². The van der Waals surface area contributed by atoms with Crippen molar-refractivity contribution in [2.75, 3.05) is 6.61 Å². The molecule has 2 aromatic carbocycles. The number of thioether (sulfide) groups is 1. The maximum Gasteiger partial charge on any atom is 0.293 e. The molecule has 2 aromatic rings. The summed E-state index contributed by atoms with van der Waals surface area (Å²) in [7, 11) is 0. The number of nitrogens with zero attached hydrogens (tertiary/aromatic N) is 1. The Morgan fingerprint density at radius 2 is 1.85 bits per heavy atom. The fourth-order valence-electron chi connectivity index (χ4n) is 2.44. The van der Waals surface area contributed by atoms with Crippen LogP contribution in [0.5, 0.6) is 5.75 Å². The highest BCUT2D eigenvalue weighted by molar-refractivity contribution is 9.10. The maximum absolute atomic E-state index is 12.6. The van der Waals surface area contributed by atoms with Gasteiger partial charge in [-0.3, -0.25) is 14.5 Å². The second kappa shape index (κ2) is 8.41. The Hall–Kier alpha value is -1.57. The van der Waals surface area contributed by atoms with Crippen molar-refractivity contribution in [3.8, 4) is 5.75 Å². The number of benzene rings is 2. The van der Waals surface area contributed by atoms with Gasteiger partial charge < -0.3 is 4.74 Å². The van der Waals surface area contributed by atoms with Gasteiger partial charge in [-0.05, 0) is 76.1 Å². The van der Waals surface area contributed by atoms with E-state index in [0.717, 1.165) is 37.6 Å². The normalized spacial score (nSPS) is 15.8. The van der Waals surface area contributed by atoms with E-state index in [1.807, 2.05) is 49.4 Å². The van der Waals surface area contributed by atoms with Gasteiger partial charge in [-0.2, -0.15) is 0 Å². The Morgan fingerprint density at radius 3 is 2.50 bits per heavy atom. The van der Waals surface area contributed by atoms with Crippen LogP contribution < -0.4 is 4.74 Å². The second-order valence-corrected chi connectivity index (χ2v) is 8.28. The third kappa shape index (κ3) is 4.39. The van der Waals surface area contributed by atoms with E-state index in [0.29, 0.717) is 11.5 Å². The molecule has 26 heavy (non-hydrogen) atoms. The molecular weight excluding hydrogens is 482 g/mol. The molecule has 134 valence electrons. The molecule has 4 nitrogen and oxygen atoms in total. The zero-order chi connectivity index (χ0) is 18.7. The van der Waals surface area contributed by atoms with Crippen LogP contribution in [-0.2, 0) is 11.3 Å². The van der Waals surface area contributed by atoms with Gasteiger partial charge in [0, 0.05) is 4.47 Å². The van der Waals surface area contributed by atoms with Crippen LogP contribution in [0.4, 0.5) is 4.79 Å². The van der Waals surface area contributed by atoms with Gasteiger partial charge >= 0.3 is 0 Å². The van der Waals surface area contributed by atoms with E-state index >= 15 is 0 Å². The largest absolute Gasteiger partial charge is 0.493 e. The summed E-state index contributed by atoms with van der Waals surface area (Å²) in [6.45, 7) is 2.76. The van der Waals surface area contributed by atoms with E-state index in [9.17, 15) is 9.59 Å². The van der Waals surface area contributed by atoms with Crippen LogP contribution >= 0.6 is 43.6 Å². The first-order valence-electron chi connectivity index (χ1n) is 7.90. The molecule has 0 bridgehead atoms. The lowest BCUT2D eigenvalue weighted by molar-refractivity contribution is -0.123. The van der Waals surface area contributed by atoms with Crippen LogP contribution in [0.1, 0.15) is 18.1 Å². The molecule has 0 aromatic heterocycles. The molecule has 1 aliphatic heterocycles. The van der Waals surface area contributed by atoms with E-state index in [1.54, 1.807) is 6.08 Å². The van der Waals surface area contributed by atoms with Crippen LogP contribution in [0.2, 0.25) is 0 Å². The van der Waals surface area contributed by atoms with Gasteiger partial charge in [-0.15, -0.1) is 0 Å². The monoisotopic (exact) mass is 495 g/mol. The average Bonchev–Trinajstić information content (AvgIpc) is 2.87. The molecule has 1 fully saturated rings. The standard InChI is InChI=1S/C19H15Br2NO3S/c1-2-25-16-8-5-13(9-15(16)21)10-17-18(23)22(19(24)26-17)11-12-3-6-14(20)7-4-12/h3-10H,2,11H2,1H3/b17-10-. The number of rotatable bonds is 5. The van der Waals surface area contributed by atoms with Crippen molar-refractivity contribution in [1.29, 1.82) is 0 Å². The van der Waals surface area contributed by atoms with Crippen LogP contribution in [0.25, 0.3) is 6.08 Å². The zero-order valence-corrected chi connectivity index (χ0v) is 17.9. The molecule has 0 radical (unpaired) electrons. The second-order valence-electron chi connectivity index (χ2n) is 5.52. The lowest BCUT2D eigenvalue weighted by Gasteiger charge is -2.12. The molecule has 3 rings (SSSR count). The van der Waals surface area contributed by atoms with Crippen molar-refractivity contribution in [2.45, 2.75) is 13.5 Å². The van der Waals surface area contributed by atoms with Gasteiger partial charge in [-0.1, -0.05) is 34.1 Å². The Kier molecular flexibility index (Phi) is 6.21. The highest BCUT2D eigenvalue weighted by atomic mass is 79.9. The van der Waals surface area contributed by atoms with Gasteiger partial charge in [-0.25, -0.2) is 0 Å². The number of amides is 2. The van der Waals surface area contributed by atoms with E-state index < -0.39 is 0 Å². The molecule has 0 unspecified atom stereocenters. The first-order valence-corrected chi connectivity index (χ1v) is 10.3. The smallest absolute Gasteiger partial charge is 0.293 e. The minimum Gasteiger partial charge on any atom is -0.493 e. The molecule has 1 aliphatic rings. The quantitative estimate of drug-likeness (QED) is 0.487. The molecule has 0 spiro atoms. The maximum atomic E-state index is 12.6. The lowest BCUT2D eigenvalue weighted by atomic mass is 10.2. The first-order chi connectivity index (χ1) is 12.5. The highest BCUT2D eigenvalue weighted by Gasteiger charge is 2.34. The molecule has 1 heterocycles. The summed E-state index contributed by atoms with van der Waals surface area (Å²) in [5.74, 6) is 0.473. The summed E-state index contributed by atoms with van der Waals surface area (Å²) in [4.78, 5) is 26.6. The lowest BCUT2D eigenvalue weighted by Crippen LogP contribution is -2.27. The summed E-state index contributed by atoms with van der Waals surface area (Å²) in [6.07, 6.45) is 1.73. The number of ether oxygens (including phenoxy) is 1. The van der Waals surface area contributed by atoms with Gasteiger partial charge in [0.1, 0.15) is 5.75 Å².